The minimum absolute atomic E-state index is 0.131. The third-order valence-corrected chi connectivity index (χ3v) is 7.64. The van der Waals surface area contributed by atoms with E-state index in [4.69, 9.17) is 4.74 Å². The van der Waals surface area contributed by atoms with Gasteiger partial charge in [-0.1, -0.05) is 78.4 Å². The first-order chi connectivity index (χ1) is 18.7. The standard InChI is InChI=1S/C33H39N3O2/c1-26-11-13-28(14-12-26)24-36-25-31(30-9-5-6-10-32(30)36)29(16-15-27-7-3-2-4-8-27)23-33(37)34-17-18-35-19-21-38-22-20-35/h2-14,25,29H,15-24H2,1H3,(H,34,37). The number of rotatable bonds is 11. The van der Waals surface area contributed by atoms with Crippen molar-refractivity contribution in [3.8, 4) is 0 Å². The number of aryl methyl sites for hydroxylation is 2. The minimum Gasteiger partial charge on any atom is -0.379 e. The Morgan fingerprint density at radius 1 is 0.921 bits per heavy atom. The van der Waals surface area contributed by atoms with Crippen LogP contribution < -0.4 is 5.32 Å². The fourth-order valence-electron chi connectivity index (χ4n) is 5.45. The van der Waals surface area contributed by atoms with Crippen molar-refractivity contribution in [2.24, 2.45) is 0 Å². The Kier molecular flexibility index (Phi) is 8.90. The molecular formula is C33H39N3O2. The molecule has 0 spiro atoms. The second kappa shape index (κ2) is 12.9. The first-order valence-corrected chi connectivity index (χ1v) is 13.9. The second-order valence-electron chi connectivity index (χ2n) is 10.4. The molecule has 0 radical (unpaired) electrons. The minimum atomic E-state index is 0.131. The summed E-state index contributed by atoms with van der Waals surface area (Å²) in [6.07, 6.45) is 4.67. The number of hydrogen-bond donors (Lipinski definition) is 1. The fourth-order valence-corrected chi connectivity index (χ4v) is 5.45. The molecule has 5 rings (SSSR count). The van der Waals surface area contributed by atoms with Crippen LogP contribution in [0.3, 0.4) is 0 Å². The van der Waals surface area contributed by atoms with E-state index < -0.39 is 0 Å². The Hall–Kier alpha value is -3.41. The van der Waals surface area contributed by atoms with Gasteiger partial charge in [0.15, 0.2) is 0 Å². The molecule has 1 fully saturated rings. The quantitative estimate of drug-likeness (QED) is 0.288. The van der Waals surface area contributed by atoms with Crippen molar-refractivity contribution < 1.29 is 9.53 Å². The average molecular weight is 510 g/mol. The molecule has 4 aromatic rings. The van der Waals surface area contributed by atoms with Crippen LogP contribution in [0.4, 0.5) is 0 Å². The van der Waals surface area contributed by atoms with E-state index in [1.165, 1.54) is 33.2 Å². The van der Waals surface area contributed by atoms with E-state index >= 15 is 0 Å². The van der Waals surface area contributed by atoms with Crippen molar-refractivity contribution >= 4 is 16.8 Å². The molecule has 2 heterocycles. The van der Waals surface area contributed by atoms with E-state index in [0.29, 0.717) is 13.0 Å². The summed E-state index contributed by atoms with van der Waals surface area (Å²) in [6, 6.07) is 28.0. The summed E-state index contributed by atoms with van der Waals surface area (Å²) in [7, 11) is 0. The lowest BCUT2D eigenvalue weighted by atomic mass is 9.89. The van der Waals surface area contributed by atoms with Crippen LogP contribution in [-0.2, 0) is 22.5 Å². The summed E-state index contributed by atoms with van der Waals surface area (Å²) >= 11 is 0. The van der Waals surface area contributed by atoms with Gasteiger partial charge in [0.2, 0.25) is 5.91 Å². The predicted octanol–water partition coefficient (Wildman–Crippen LogP) is 5.55. The Bertz CT molecular complexity index is 1310. The average Bonchev–Trinajstić information content (AvgIpc) is 3.31. The van der Waals surface area contributed by atoms with E-state index in [9.17, 15) is 4.79 Å². The third kappa shape index (κ3) is 6.91. The molecule has 38 heavy (non-hydrogen) atoms. The van der Waals surface area contributed by atoms with Gasteiger partial charge in [-0.25, -0.2) is 0 Å². The first kappa shape index (κ1) is 26.2. The predicted molar refractivity (Wildman–Crippen MR) is 155 cm³/mol. The molecule has 0 saturated carbocycles. The molecule has 1 amide bonds. The van der Waals surface area contributed by atoms with Gasteiger partial charge in [-0.2, -0.15) is 0 Å². The second-order valence-corrected chi connectivity index (χ2v) is 10.4. The normalized spacial score (nSPS) is 15.0. The molecule has 1 unspecified atom stereocenters. The van der Waals surface area contributed by atoms with Crippen molar-refractivity contribution in [3.63, 3.8) is 0 Å². The van der Waals surface area contributed by atoms with E-state index in [0.717, 1.165) is 52.2 Å². The number of fused-ring (bicyclic) bond motifs is 1. The molecule has 5 heteroatoms. The van der Waals surface area contributed by atoms with Gasteiger partial charge in [-0.15, -0.1) is 0 Å². The van der Waals surface area contributed by atoms with Crippen molar-refractivity contribution in [3.05, 3.63) is 107 Å². The lowest BCUT2D eigenvalue weighted by Crippen LogP contribution is -2.41. The molecule has 1 aromatic heterocycles. The SMILES string of the molecule is Cc1ccc(Cn2cc(C(CCc3ccccc3)CC(=O)NCCN3CCOCC3)c3ccccc32)cc1. The van der Waals surface area contributed by atoms with E-state index in [1.807, 2.05) is 0 Å². The number of nitrogens with one attached hydrogen (secondary N) is 1. The number of morpholine rings is 1. The maximum Gasteiger partial charge on any atom is 0.220 e. The molecule has 0 aliphatic carbocycles. The highest BCUT2D eigenvalue weighted by Crippen LogP contribution is 2.33. The maximum absolute atomic E-state index is 13.2. The van der Waals surface area contributed by atoms with E-state index in [2.05, 4.69) is 107 Å². The van der Waals surface area contributed by atoms with Gasteiger partial charge in [-0.3, -0.25) is 9.69 Å². The van der Waals surface area contributed by atoms with Gasteiger partial charge in [-0.05, 0) is 48.4 Å². The van der Waals surface area contributed by atoms with Crippen molar-refractivity contribution in [2.75, 3.05) is 39.4 Å². The number of hydrogen-bond acceptors (Lipinski definition) is 3. The van der Waals surface area contributed by atoms with Crippen LogP contribution in [0.1, 0.15) is 41.0 Å². The molecule has 198 valence electrons. The number of aromatic nitrogens is 1. The Balaban J connectivity index is 1.35. The summed E-state index contributed by atoms with van der Waals surface area (Å²) in [4.78, 5) is 15.5. The number of carbonyl (C=O) groups is 1. The summed E-state index contributed by atoms with van der Waals surface area (Å²) in [6.45, 7) is 7.93. The van der Waals surface area contributed by atoms with Crippen molar-refractivity contribution in [1.29, 1.82) is 0 Å². The highest BCUT2D eigenvalue weighted by molar-refractivity contribution is 5.86. The van der Waals surface area contributed by atoms with Gasteiger partial charge in [0, 0.05) is 56.2 Å². The molecule has 0 bridgehead atoms. The van der Waals surface area contributed by atoms with Crippen LogP contribution in [0.15, 0.2) is 85.1 Å². The topological polar surface area (TPSA) is 46.5 Å². The third-order valence-electron chi connectivity index (χ3n) is 7.64. The van der Waals surface area contributed by atoms with Crippen molar-refractivity contribution in [1.82, 2.24) is 14.8 Å². The van der Waals surface area contributed by atoms with Crippen LogP contribution in [0, 0.1) is 6.92 Å². The highest BCUT2D eigenvalue weighted by atomic mass is 16.5. The largest absolute Gasteiger partial charge is 0.379 e. The molecule has 3 aromatic carbocycles. The number of ether oxygens (including phenoxy) is 1. The molecule has 5 nitrogen and oxygen atoms in total. The summed E-state index contributed by atoms with van der Waals surface area (Å²) in [5, 5.41) is 4.45. The monoisotopic (exact) mass is 509 g/mol. The van der Waals surface area contributed by atoms with Gasteiger partial charge in [0.25, 0.3) is 0 Å². The number of carbonyl (C=O) groups excluding carboxylic acids is 1. The number of nitrogens with zero attached hydrogens (tertiary/aromatic N) is 2. The van der Waals surface area contributed by atoms with Crippen molar-refractivity contribution in [2.45, 2.75) is 38.6 Å². The van der Waals surface area contributed by atoms with Gasteiger partial charge in [0.05, 0.1) is 13.2 Å². The zero-order chi connectivity index (χ0) is 26.2. The molecule has 1 saturated heterocycles. The molecule has 1 N–H and O–H groups in total. The Morgan fingerprint density at radius 2 is 1.66 bits per heavy atom. The smallest absolute Gasteiger partial charge is 0.220 e. The Morgan fingerprint density at radius 3 is 2.45 bits per heavy atom. The number of benzene rings is 3. The number of amides is 1. The van der Waals surface area contributed by atoms with Crippen LogP contribution >= 0.6 is 0 Å². The summed E-state index contributed by atoms with van der Waals surface area (Å²) < 4.78 is 7.79. The zero-order valence-electron chi connectivity index (χ0n) is 22.4. The van der Waals surface area contributed by atoms with Crippen LogP contribution in [0.25, 0.3) is 10.9 Å². The fraction of sp³-hybridized carbons (Fsp3) is 0.364. The first-order valence-electron chi connectivity index (χ1n) is 13.9. The van der Waals surface area contributed by atoms with Crippen LogP contribution in [-0.4, -0.2) is 54.8 Å². The molecular weight excluding hydrogens is 470 g/mol. The summed E-state index contributed by atoms with van der Waals surface area (Å²) in [5.74, 6) is 0.273. The molecule has 1 aliphatic heterocycles. The van der Waals surface area contributed by atoms with E-state index in [1.54, 1.807) is 0 Å². The summed E-state index contributed by atoms with van der Waals surface area (Å²) in [5.41, 5.74) is 6.36. The Labute approximate surface area is 226 Å². The number of para-hydroxylation sites is 1. The van der Waals surface area contributed by atoms with Crippen LogP contribution in [0.5, 0.6) is 0 Å². The molecule has 1 aliphatic rings. The highest BCUT2D eigenvalue weighted by Gasteiger charge is 2.21. The zero-order valence-corrected chi connectivity index (χ0v) is 22.4. The molecule has 1 atom stereocenters. The van der Waals surface area contributed by atoms with E-state index in [-0.39, 0.29) is 11.8 Å². The van der Waals surface area contributed by atoms with Gasteiger partial charge < -0.3 is 14.6 Å². The van der Waals surface area contributed by atoms with Gasteiger partial charge >= 0.3 is 0 Å². The van der Waals surface area contributed by atoms with Gasteiger partial charge in [0.1, 0.15) is 0 Å². The lowest BCUT2D eigenvalue weighted by molar-refractivity contribution is -0.121. The lowest BCUT2D eigenvalue weighted by Gasteiger charge is -2.26. The van der Waals surface area contributed by atoms with Crippen LogP contribution in [0.2, 0.25) is 0 Å². The maximum atomic E-state index is 13.2.